The third kappa shape index (κ3) is 4.14. The first-order valence-electron chi connectivity index (χ1n) is 8.72. The van der Waals surface area contributed by atoms with Gasteiger partial charge in [0.2, 0.25) is 0 Å². The number of carbonyl (C=O) groups excluding carboxylic acids is 1. The Morgan fingerprint density at radius 1 is 1.19 bits per heavy atom. The van der Waals surface area contributed by atoms with Crippen LogP contribution in [0.25, 0.3) is 10.2 Å². The fourth-order valence-corrected chi connectivity index (χ4v) is 4.61. The molecule has 2 aliphatic heterocycles. The zero-order valence-corrected chi connectivity index (χ0v) is 17.7. The van der Waals surface area contributed by atoms with Crippen molar-refractivity contribution >= 4 is 58.1 Å². The second-order valence-electron chi connectivity index (χ2n) is 6.56. The number of piperidine rings is 1. The van der Waals surface area contributed by atoms with Gasteiger partial charge in [-0.2, -0.15) is 0 Å². The fraction of sp³-hybridized carbons (Fsp3) is 0.588. The molecular formula is C17H25Cl2N5O2S. The van der Waals surface area contributed by atoms with Gasteiger partial charge in [0.05, 0.1) is 10.2 Å². The SMILES string of the molecule is COC1(C(=O)N2CCN(c3ncnc4ccsc34)CC2)CCNCC1.Cl.Cl. The first kappa shape index (κ1) is 22.1. The Bertz CT molecular complexity index is 761. The van der Waals surface area contributed by atoms with Gasteiger partial charge in [0.15, 0.2) is 0 Å². The van der Waals surface area contributed by atoms with E-state index >= 15 is 0 Å². The van der Waals surface area contributed by atoms with E-state index in [1.54, 1.807) is 24.8 Å². The summed E-state index contributed by atoms with van der Waals surface area (Å²) < 4.78 is 6.81. The number of thiophene rings is 1. The van der Waals surface area contributed by atoms with E-state index in [0.29, 0.717) is 13.1 Å². The molecule has 1 amide bonds. The highest BCUT2D eigenvalue weighted by atomic mass is 35.5. The van der Waals surface area contributed by atoms with E-state index < -0.39 is 5.60 Å². The molecule has 2 aliphatic rings. The number of carbonyl (C=O) groups is 1. The Morgan fingerprint density at radius 3 is 2.56 bits per heavy atom. The van der Waals surface area contributed by atoms with Gasteiger partial charge in [0, 0.05) is 33.3 Å². The normalized spacial score (nSPS) is 19.3. The average Bonchev–Trinajstić information content (AvgIpc) is 3.17. The molecule has 4 rings (SSSR count). The number of aromatic nitrogens is 2. The van der Waals surface area contributed by atoms with Crippen molar-refractivity contribution < 1.29 is 9.53 Å². The summed E-state index contributed by atoms with van der Waals surface area (Å²) in [7, 11) is 1.66. The number of nitrogens with one attached hydrogen (secondary N) is 1. The fourth-order valence-electron chi connectivity index (χ4n) is 3.75. The number of anilines is 1. The molecule has 0 bridgehead atoms. The second kappa shape index (κ2) is 9.34. The Labute approximate surface area is 175 Å². The molecule has 7 nitrogen and oxygen atoms in total. The van der Waals surface area contributed by atoms with Gasteiger partial charge in [0.1, 0.15) is 17.7 Å². The van der Waals surface area contributed by atoms with Gasteiger partial charge in [-0.25, -0.2) is 9.97 Å². The number of amides is 1. The van der Waals surface area contributed by atoms with Crippen LogP contribution >= 0.6 is 36.2 Å². The molecule has 4 heterocycles. The van der Waals surface area contributed by atoms with Gasteiger partial charge in [-0.15, -0.1) is 36.2 Å². The molecular weight excluding hydrogens is 409 g/mol. The van der Waals surface area contributed by atoms with Crippen molar-refractivity contribution in [2.24, 2.45) is 0 Å². The summed E-state index contributed by atoms with van der Waals surface area (Å²) in [5, 5.41) is 5.35. The molecule has 2 aromatic heterocycles. The third-order valence-electron chi connectivity index (χ3n) is 5.28. The van der Waals surface area contributed by atoms with Crippen molar-refractivity contribution in [3.8, 4) is 0 Å². The van der Waals surface area contributed by atoms with Crippen LogP contribution in [0.2, 0.25) is 0 Å². The zero-order valence-electron chi connectivity index (χ0n) is 15.2. The van der Waals surface area contributed by atoms with Crippen LogP contribution in [0.5, 0.6) is 0 Å². The van der Waals surface area contributed by atoms with Gasteiger partial charge >= 0.3 is 0 Å². The summed E-state index contributed by atoms with van der Waals surface area (Å²) in [5.74, 6) is 1.12. The minimum atomic E-state index is -0.649. The number of halogens is 2. The maximum absolute atomic E-state index is 13.1. The average molecular weight is 434 g/mol. The van der Waals surface area contributed by atoms with E-state index in [4.69, 9.17) is 4.74 Å². The van der Waals surface area contributed by atoms with E-state index in [0.717, 1.165) is 55.1 Å². The van der Waals surface area contributed by atoms with Crippen LogP contribution in [-0.4, -0.2) is 72.8 Å². The number of piperazine rings is 1. The second-order valence-corrected chi connectivity index (χ2v) is 7.48. The summed E-state index contributed by atoms with van der Waals surface area (Å²) in [5.41, 5.74) is 0.338. The van der Waals surface area contributed by atoms with E-state index in [1.807, 2.05) is 16.3 Å². The molecule has 0 aromatic carbocycles. The predicted molar refractivity (Wildman–Crippen MR) is 113 cm³/mol. The third-order valence-corrected chi connectivity index (χ3v) is 6.18. The maximum atomic E-state index is 13.1. The van der Waals surface area contributed by atoms with Crippen LogP contribution in [0.4, 0.5) is 5.82 Å². The van der Waals surface area contributed by atoms with Gasteiger partial charge in [-0.05, 0) is 37.4 Å². The van der Waals surface area contributed by atoms with Crippen molar-refractivity contribution in [3.05, 3.63) is 17.8 Å². The largest absolute Gasteiger partial charge is 0.368 e. The quantitative estimate of drug-likeness (QED) is 0.797. The monoisotopic (exact) mass is 433 g/mol. The molecule has 0 aliphatic carbocycles. The van der Waals surface area contributed by atoms with Crippen molar-refractivity contribution in [2.75, 3.05) is 51.3 Å². The van der Waals surface area contributed by atoms with E-state index in [-0.39, 0.29) is 30.7 Å². The van der Waals surface area contributed by atoms with Crippen LogP contribution in [0.1, 0.15) is 12.8 Å². The summed E-state index contributed by atoms with van der Waals surface area (Å²) in [6.45, 7) is 4.64. The van der Waals surface area contributed by atoms with Gasteiger partial charge in [-0.3, -0.25) is 4.79 Å². The Balaban J connectivity index is 0.00000131. The predicted octanol–water partition coefficient (Wildman–Crippen LogP) is 1.95. The van der Waals surface area contributed by atoms with E-state index in [1.165, 1.54) is 0 Å². The van der Waals surface area contributed by atoms with Crippen LogP contribution in [-0.2, 0) is 9.53 Å². The summed E-state index contributed by atoms with van der Waals surface area (Å²) in [6.07, 6.45) is 3.10. The highest BCUT2D eigenvalue weighted by molar-refractivity contribution is 7.17. The Morgan fingerprint density at radius 2 is 1.89 bits per heavy atom. The lowest BCUT2D eigenvalue weighted by Crippen LogP contribution is -2.59. The summed E-state index contributed by atoms with van der Waals surface area (Å²) in [4.78, 5) is 26.1. The zero-order chi connectivity index (χ0) is 17.3. The van der Waals surface area contributed by atoms with Crippen LogP contribution in [0.15, 0.2) is 17.8 Å². The lowest BCUT2D eigenvalue weighted by atomic mass is 9.90. The van der Waals surface area contributed by atoms with Crippen LogP contribution < -0.4 is 10.2 Å². The molecule has 2 fully saturated rings. The van der Waals surface area contributed by atoms with Gasteiger partial charge in [0.25, 0.3) is 5.91 Å². The molecule has 0 radical (unpaired) electrons. The number of hydrogen-bond acceptors (Lipinski definition) is 7. The highest BCUT2D eigenvalue weighted by Crippen LogP contribution is 2.30. The van der Waals surface area contributed by atoms with Gasteiger partial charge in [-0.1, -0.05) is 0 Å². The van der Waals surface area contributed by atoms with E-state index in [9.17, 15) is 4.79 Å². The Kier molecular flexibility index (Phi) is 7.64. The lowest BCUT2D eigenvalue weighted by Gasteiger charge is -2.42. The summed E-state index contributed by atoms with van der Waals surface area (Å²) >= 11 is 1.67. The minimum Gasteiger partial charge on any atom is -0.368 e. The Hall–Kier alpha value is -1.19. The lowest BCUT2D eigenvalue weighted by molar-refractivity contribution is -0.158. The van der Waals surface area contributed by atoms with Crippen molar-refractivity contribution in [3.63, 3.8) is 0 Å². The van der Waals surface area contributed by atoms with Gasteiger partial charge < -0.3 is 19.9 Å². The number of rotatable bonds is 3. The van der Waals surface area contributed by atoms with Crippen molar-refractivity contribution in [1.82, 2.24) is 20.2 Å². The molecule has 0 saturated carbocycles. The maximum Gasteiger partial charge on any atom is 0.255 e. The van der Waals surface area contributed by atoms with Crippen LogP contribution in [0, 0.1) is 0 Å². The number of methoxy groups -OCH3 is 1. The number of ether oxygens (including phenoxy) is 1. The molecule has 1 N–H and O–H groups in total. The molecule has 0 unspecified atom stereocenters. The molecule has 2 aromatic rings. The number of nitrogens with zero attached hydrogens (tertiary/aromatic N) is 4. The topological polar surface area (TPSA) is 70.6 Å². The standard InChI is InChI=1S/C17H23N5O2S.2ClH/c1-24-17(3-5-18-6-4-17)16(23)22-9-7-21(8-10-22)15-14-13(2-11-25-14)19-12-20-15;;/h2,11-12,18H,3-10H2,1H3;2*1H. The van der Waals surface area contributed by atoms with E-state index in [2.05, 4.69) is 20.2 Å². The molecule has 0 spiro atoms. The molecule has 10 heteroatoms. The number of fused-ring (bicyclic) bond motifs is 1. The molecule has 27 heavy (non-hydrogen) atoms. The summed E-state index contributed by atoms with van der Waals surface area (Å²) in [6, 6.07) is 2.02. The highest BCUT2D eigenvalue weighted by Gasteiger charge is 2.43. The first-order chi connectivity index (χ1) is 12.2. The smallest absolute Gasteiger partial charge is 0.255 e. The molecule has 150 valence electrons. The first-order valence-corrected chi connectivity index (χ1v) is 9.60. The minimum absolute atomic E-state index is 0. The van der Waals surface area contributed by atoms with Crippen molar-refractivity contribution in [2.45, 2.75) is 18.4 Å². The molecule has 2 saturated heterocycles. The number of hydrogen-bond donors (Lipinski definition) is 1. The van der Waals surface area contributed by atoms with Crippen LogP contribution in [0.3, 0.4) is 0 Å². The van der Waals surface area contributed by atoms with Crippen molar-refractivity contribution in [1.29, 1.82) is 0 Å². The molecule has 0 atom stereocenters.